The van der Waals surface area contributed by atoms with Crippen LogP contribution in [0, 0.1) is 0 Å². The molecule has 0 spiro atoms. The molecule has 0 unspecified atom stereocenters. The third kappa shape index (κ3) is 4.42. The van der Waals surface area contributed by atoms with E-state index in [2.05, 4.69) is 15.4 Å². The Kier molecular flexibility index (Phi) is 5.64. The highest BCUT2D eigenvalue weighted by Crippen LogP contribution is 2.36. The third-order valence-electron chi connectivity index (χ3n) is 3.82. The standard InChI is InChI=1S/C17H13F3N4O4S/c18-17(19,20)10-4-2-1-3-9(10)7-29-12-5-11(25)14(15-22-8-23-24(12)15)16(28)21-6-13(26)27/h1-5,8,25H,6-7H2,(H,21,28)(H,26,27). The van der Waals surface area contributed by atoms with Crippen LogP contribution in [0.5, 0.6) is 5.75 Å². The van der Waals surface area contributed by atoms with E-state index in [0.717, 1.165) is 30.2 Å². The number of carbonyl (C=O) groups is 2. The van der Waals surface area contributed by atoms with Crippen LogP contribution in [0.1, 0.15) is 21.5 Å². The molecular formula is C17H13F3N4O4S. The first-order valence-corrected chi connectivity index (χ1v) is 9.00. The van der Waals surface area contributed by atoms with Crippen LogP contribution in [0.4, 0.5) is 13.2 Å². The second-order valence-electron chi connectivity index (χ2n) is 5.76. The van der Waals surface area contributed by atoms with Crippen LogP contribution in [0.3, 0.4) is 0 Å². The normalized spacial score (nSPS) is 11.6. The molecule has 29 heavy (non-hydrogen) atoms. The lowest BCUT2D eigenvalue weighted by Gasteiger charge is -2.13. The second kappa shape index (κ2) is 7.99. The van der Waals surface area contributed by atoms with Crippen molar-refractivity contribution >= 4 is 29.3 Å². The number of carboxylic acids is 1. The van der Waals surface area contributed by atoms with Crippen molar-refractivity contribution in [2.45, 2.75) is 17.0 Å². The van der Waals surface area contributed by atoms with Crippen molar-refractivity contribution in [1.82, 2.24) is 19.9 Å². The number of hydrogen-bond acceptors (Lipinski definition) is 6. The highest BCUT2D eigenvalue weighted by molar-refractivity contribution is 7.98. The predicted molar refractivity (Wildman–Crippen MR) is 95.6 cm³/mol. The van der Waals surface area contributed by atoms with Gasteiger partial charge in [0.05, 0.1) is 5.56 Å². The summed E-state index contributed by atoms with van der Waals surface area (Å²) >= 11 is 0.965. The number of aromatic nitrogens is 3. The second-order valence-corrected chi connectivity index (χ2v) is 6.75. The van der Waals surface area contributed by atoms with Crippen molar-refractivity contribution in [3.8, 4) is 5.75 Å². The van der Waals surface area contributed by atoms with Crippen molar-refractivity contribution in [1.29, 1.82) is 0 Å². The number of carbonyl (C=O) groups excluding carboxylic acids is 1. The number of rotatable bonds is 6. The number of aliphatic carboxylic acids is 1. The molecule has 0 aliphatic carbocycles. The molecule has 0 saturated carbocycles. The van der Waals surface area contributed by atoms with E-state index in [0.29, 0.717) is 0 Å². The summed E-state index contributed by atoms with van der Waals surface area (Å²) in [5.74, 6) is -2.72. The Hall–Kier alpha value is -3.28. The molecule has 1 amide bonds. The Bertz CT molecular complexity index is 1080. The largest absolute Gasteiger partial charge is 0.507 e. The maximum atomic E-state index is 13.1. The average molecular weight is 426 g/mol. The predicted octanol–water partition coefficient (Wildman–Crippen LogP) is 2.56. The van der Waals surface area contributed by atoms with Crippen molar-refractivity contribution in [3.05, 3.63) is 53.3 Å². The fourth-order valence-electron chi connectivity index (χ4n) is 2.58. The lowest BCUT2D eigenvalue weighted by atomic mass is 10.1. The number of hydrogen-bond donors (Lipinski definition) is 3. The van der Waals surface area contributed by atoms with Gasteiger partial charge in [-0.1, -0.05) is 18.2 Å². The maximum Gasteiger partial charge on any atom is 0.416 e. The summed E-state index contributed by atoms with van der Waals surface area (Å²) in [4.78, 5) is 26.7. The van der Waals surface area contributed by atoms with Gasteiger partial charge in [-0.2, -0.15) is 18.3 Å². The zero-order valence-corrected chi connectivity index (χ0v) is 15.3. The van der Waals surface area contributed by atoms with Crippen molar-refractivity contribution in [3.63, 3.8) is 0 Å². The SMILES string of the molecule is O=C(O)CNC(=O)c1c(O)cc(SCc2ccccc2C(F)(F)F)n2ncnc12. The number of alkyl halides is 3. The molecule has 0 saturated heterocycles. The molecule has 0 aliphatic heterocycles. The number of fused-ring (bicyclic) bond motifs is 1. The minimum Gasteiger partial charge on any atom is -0.507 e. The fourth-order valence-corrected chi connectivity index (χ4v) is 3.58. The molecule has 0 aliphatic rings. The average Bonchev–Trinajstić information content (AvgIpc) is 3.13. The molecule has 152 valence electrons. The lowest BCUT2D eigenvalue weighted by Crippen LogP contribution is -2.29. The van der Waals surface area contributed by atoms with E-state index >= 15 is 0 Å². The van der Waals surface area contributed by atoms with E-state index in [1.165, 1.54) is 22.7 Å². The molecule has 2 aromatic heterocycles. The molecule has 1 aromatic carbocycles. The number of benzene rings is 1. The van der Waals surface area contributed by atoms with E-state index < -0.39 is 35.9 Å². The number of aromatic hydroxyl groups is 1. The summed E-state index contributed by atoms with van der Waals surface area (Å²) in [6.07, 6.45) is -3.40. The van der Waals surface area contributed by atoms with Gasteiger partial charge in [0.15, 0.2) is 5.65 Å². The van der Waals surface area contributed by atoms with Crippen LogP contribution in [0.2, 0.25) is 0 Å². The quantitative estimate of drug-likeness (QED) is 0.519. The lowest BCUT2D eigenvalue weighted by molar-refractivity contribution is -0.138. The van der Waals surface area contributed by atoms with Crippen LogP contribution >= 0.6 is 11.8 Å². The number of carboxylic acid groups (broad SMARTS) is 1. The molecule has 0 atom stereocenters. The van der Waals surface area contributed by atoms with E-state index in [1.807, 2.05) is 0 Å². The van der Waals surface area contributed by atoms with Gasteiger partial charge in [0, 0.05) is 11.8 Å². The van der Waals surface area contributed by atoms with E-state index in [1.54, 1.807) is 0 Å². The van der Waals surface area contributed by atoms with Gasteiger partial charge in [-0.15, -0.1) is 11.8 Å². The molecule has 0 bridgehead atoms. The smallest absolute Gasteiger partial charge is 0.416 e. The van der Waals surface area contributed by atoms with Gasteiger partial charge in [0.1, 0.15) is 29.2 Å². The van der Waals surface area contributed by atoms with Gasteiger partial charge >= 0.3 is 12.1 Å². The van der Waals surface area contributed by atoms with Gasteiger partial charge in [0.25, 0.3) is 5.91 Å². The summed E-state index contributed by atoms with van der Waals surface area (Å²) in [5.41, 5.74) is -1.07. The Morgan fingerprint density at radius 3 is 2.66 bits per heavy atom. The van der Waals surface area contributed by atoms with Crippen molar-refractivity contribution < 1.29 is 33.0 Å². The van der Waals surface area contributed by atoms with Crippen LogP contribution in [-0.4, -0.2) is 43.2 Å². The Balaban J connectivity index is 1.91. The van der Waals surface area contributed by atoms with Gasteiger partial charge in [-0.3, -0.25) is 9.59 Å². The maximum absolute atomic E-state index is 13.1. The first-order chi connectivity index (χ1) is 13.7. The van der Waals surface area contributed by atoms with Crippen molar-refractivity contribution in [2.24, 2.45) is 0 Å². The Morgan fingerprint density at radius 1 is 1.24 bits per heavy atom. The van der Waals surface area contributed by atoms with Gasteiger partial charge in [0.2, 0.25) is 0 Å². The first kappa shape index (κ1) is 20.5. The zero-order valence-electron chi connectivity index (χ0n) is 14.5. The summed E-state index contributed by atoms with van der Waals surface area (Å²) < 4.78 is 40.6. The third-order valence-corrected chi connectivity index (χ3v) is 4.86. The number of halogens is 3. The molecular weight excluding hydrogens is 413 g/mol. The monoisotopic (exact) mass is 426 g/mol. The minimum absolute atomic E-state index is 0.0426. The summed E-state index contributed by atoms with van der Waals surface area (Å²) in [6.45, 7) is -0.663. The first-order valence-electron chi connectivity index (χ1n) is 8.02. The highest BCUT2D eigenvalue weighted by atomic mass is 32.2. The van der Waals surface area contributed by atoms with E-state index in [9.17, 15) is 27.9 Å². The number of amides is 1. The fraction of sp³-hybridized carbons (Fsp3) is 0.176. The number of nitrogens with one attached hydrogen (secondary N) is 1. The van der Waals surface area contributed by atoms with E-state index in [-0.39, 0.29) is 27.6 Å². The molecule has 3 rings (SSSR count). The topological polar surface area (TPSA) is 117 Å². The van der Waals surface area contributed by atoms with Crippen LogP contribution in [0.25, 0.3) is 5.65 Å². The summed E-state index contributed by atoms with van der Waals surface area (Å²) in [7, 11) is 0. The molecule has 8 nitrogen and oxygen atoms in total. The summed E-state index contributed by atoms with van der Waals surface area (Å²) in [6, 6.07) is 6.28. The van der Waals surface area contributed by atoms with E-state index in [4.69, 9.17) is 5.11 Å². The number of nitrogens with zero attached hydrogens (tertiary/aromatic N) is 3. The molecule has 0 radical (unpaired) electrons. The molecule has 2 heterocycles. The molecule has 0 fully saturated rings. The zero-order chi connectivity index (χ0) is 21.2. The van der Waals surface area contributed by atoms with Gasteiger partial charge < -0.3 is 15.5 Å². The van der Waals surface area contributed by atoms with Crippen LogP contribution in [-0.2, 0) is 16.7 Å². The minimum atomic E-state index is -4.51. The molecule has 3 N–H and O–H groups in total. The van der Waals surface area contributed by atoms with Crippen LogP contribution in [0.15, 0.2) is 41.7 Å². The van der Waals surface area contributed by atoms with Crippen LogP contribution < -0.4 is 5.32 Å². The Morgan fingerprint density at radius 2 is 1.97 bits per heavy atom. The highest BCUT2D eigenvalue weighted by Gasteiger charge is 2.33. The number of pyridine rings is 1. The van der Waals surface area contributed by atoms with Gasteiger partial charge in [-0.25, -0.2) is 9.50 Å². The summed E-state index contributed by atoms with van der Waals surface area (Å²) in [5, 5.41) is 25.2. The molecule has 3 aromatic rings. The van der Waals surface area contributed by atoms with Gasteiger partial charge in [-0.05, 0) is 11.6 Å². The number of thioether (sulfide) groups is 1. The van der Waals surface area contributed by atoms with Crippen molar-refractivity contribution in [2.75, 3.05) is 6.54 Å². The molecule has 12 heteroatoms. The Labute approximate surface area is 165 Å².